The highest BCUT2D eigenvalue weighted by molar-refractivity contribution is 5.77. The maximum Gasteiger partial charge on any atom is 0.306 e. The predicted octanol–water partition coefficient (Wildman–Crippen LogP) is 17.2. The molecule has 0 aromatic rings. The molecule has 0 fully saturated rings. The summed E-state index contributed by atoms with van der Waals surface area (Å²) in [5.41, 5.74) is 0. The van der Waals surface area contributed by atoms with E-state index in [1.165, 1.54) is 89.9 Å². The number of hydrogen-bond donors (Lipinski definition) is 3. The van der Waals surface area contributed by atoms with Gasteiger partial charge in [-0.2, -0.15) is 0 Å². The first-order valence-corrected chi connectivity index (χ1v) is 27.8. The molecule has 3 N–H and O–H groups in total. The molecule has 0 saturated heterocycles. The van der Waals surface area contributed by atoms with Crippen molar-refractivity contribution in [3.8, 4) is 0 Å². The molecule has 3 atom stereocenters. The van der Waals surface area contributed by atoms with Gasteiger partial charge in [0, 0.05) is 6.42 Å². The summed E-state index contributed by atoms with van der Waals surface area (Å²) in [6.45, 7) is 6.20. The molecule has 6 nitrogen and oxygen atoms in total. The van der Waals surface area contributed by atoms with Crippen LogP contribution in [-0.2, 0) is 14.3 Å². The van der Waals surface area contributed by atoms with Gasteiger partial charge in [0.05, 0.1) is 25.2 Å². The van der Waals surface area contributed by atoms with Crippen molar-refractivity contribution in [1.29, 1.82) is 0 Å². The third-order valence-electron chi connectivity index (χ3n) is 11.9. The van der Waals surface area contributed by atoms with Crippen molar-refractivity contribution in [2.24, 2.45) is 0 Å². The second-order valence-electron chi connectivity index (χ2n) is 18.3. The van der Waals surface area contributed by atoms with E-state index in [1.807, 2.05) is 48.6 Å². The van der Waals surface area contributed by atoms with Crippen LogP contribution in [0.2, 0.25) is 0 Å². The normalized spacial score (nSPS) is 14.1. The predicted molar refractivity (Wildman–Crippen MR) is 296 cm³/mol. The molecule has 0 aliphatic heterocycles. The lowest BCUT2D eigenvalue weighted by Gasteiger charge is -2.24. The second kappa shape index (κ2) is 54.2. The average molecular weight is 943 g/mol. The highest BCUT2D eigenvalue weighted by Gasteiger charge is 2.24. The maximum atomic E-state index is 13.2. The lowest BCUT2D eigenvalue weighted by molar-refractivity contribution is -0.151. The minimum Gasteiger partial charge on any atom is -0.462 e. The van der Waals surface area contributed by atoms with Gasteiger partial charge in [-0.3, -0.25) is 9.59 Å². The molecule has 3 unspecified atom stereocenters. The van der Waals surface area contributed by atoms with E-state index in [9.17, 15) is 19.8 Å². The summed E-state index contributed by atoms with van der Waals surface area (Å²) in [7, 11) is 0. The zero-order chi connectivity index (χ0) is 49.5. The van der Waals surface area contributed by atoms with Crippen molar-refractivity contribution in [1.82, 2.24) is 5.32 Å². The van der Waals surface area contributed by atoms with Crippen molar-refractivity contribution >= 4 is 11.9 Å². The number of hydrogen-bond acceptors (Lipinski definition) is 5. The van der Waals surface area contributed by atoms with Crippen molar-refractivity contribution < 1.29 is 24.5 Å². The third kappa shape index (κ3) is 48.7. The second-order valence-corrected chi connectivity index (χ2v) is 18.3. The van der Waals surface area contributed by atoms with E-state index in [0.29, 0.717) is 19.3 Å². The molecular weight excluding hydrogens is 839 g/mol. The Labute approximate surface area is 419 Å². The summed E-state index contributed by atoms with van der Waals surface area (Å²) in [5, 5.41) is 23.8. The Morgan fingerprint density at radius 3 is 1.38 bits per heavy atom. The molecule has 0 rings (SSSR count). The number of allylic oxidation sites excluding steroid dienone is 20. The number of unbranched alkanes of at least 4 members (excludes halogenated alkanes) is 20. The number of aliphatic hydroxyl groups is 2. The number of esters is 1. The Bertz CT molecular complexity index is 1430. The molecule has 0 aromatic carbocycles. The van der Waals surface area contributed by atoms with E-state index in [1.54, 1.807) is 0 Å². The molecule has 0 aliphatic carbocycles. The van der Waals surface area contributed by atoms with Crippen LogP contribution in [-0.4, -0.2) is 46.9 Å². The van der Waals surface area contributed by atoms with Crippen molar-refractivity contribution in [3.05, 3.63) is 122 Å². The first kappa shape index (κ1) is 64.3. The Balaban J connectivity index is 4.68. The summed E-state index contributed by atoms with van der Waals surface area (Å²) < 4.78 is 5.89. The number of carbonyl (C=O) groups is 2. The summed E-state index contributed by atoms with van der Waals surface area (Å²) in [6, 6.07) is -0.741. The van der Waals surface area contributed by atoms with Gasteiger partial charge in [0.15, 0.2) is 0 Å². The van der Waals surface area contributed by atoms with Crippen molar-refractivity contribution in [2.75, 3.05) is 6.61 Å². The number of nitrogens with one attached hydrogen (secondary N) is 1. The number of ether oxygens (including phenoxy) is 1. The van der Waals surface area contributed by atoms with Crippen LogP contribution < -0.4 is 5.32 Å². The van der Waals surface area contributed by atoms with Gasteiger partial charge in [0.1, 0.15) is 6.10 Å². The fraction of sp³-hybridized carbons (Fsp3) is 0.645. The number of rotatable bonds is 48. The van der Waals surface area contributed by atoms with Crippen LogP contribution in [0.3, 0.4) is 0 Å². The van der Waals surface area contributed by atoms with Crippen LogP contribution in [0.5, 0.6) is 0 Å². The summed E-state index contributed by atoms with van der Waals surface area (Å²) in [5.74, 6) is -0.593. The Hall–Kier alpha value is -3.74. The quantitative estimate of drug-likeness (QED) is 0.0244. The number of amides is 1. The minimum atomic E-state index is -0.821. The molecule has 68 heavy (non-hydrogen) atoms. The summed E-state index contributed by atoms with van der Waals surface area (Å²) in [4.78, 5) is 26.2. The highest BCUT2D eigenvalue weighted by atomic mass is 16.5. The van der Waals surface area contributed by atoms with Crippen LogP contribution in [0.25, 0.3) is 0 Å². The zero-order valence-electron chi connectivity index (χ0n) is 43.9. The van der Waals surface area contributed by atoms with Crippen LogP contribution in [0.1, 0.15) is 233 Å². The minimum absolute atomic E-state index is 0.00747. The smallest absolute Gasteiger partial charge is 0.306 e. The molecule has 6 heteroatoms. The van der Waals surface area contributed by atoms with E-state index in [-0.39, 0.29) is 24.9 Å². The molecule has 0 aliphatic rings. The number of aliphatic hydroxyl groups excluding tert-OH is 2. The van der Waals surface area contributed by atoms with Gasteiger partial charge in [-0.1, -0.05) is 258 Å². The van der Waals surface area contributed by atoms with Gasteiger partial charge in [-0.25, -0.2) is 0 Å². The molecule has 0 heterocycles. The van der Waals surface area contributed by atoms with Crippen LogP contribution in [0.15, 0.2) is 122 Å². The lowest BCUT2D eigenvalue weighted by Crippen LogP contribution is -2.46. The molecule has 0 spiro atoms. The van der Waals surface area contributed by atoms with E-state index >= 15 is 0 Å². The standard InChI is InChI=1S/C62H103NO5/c1-4-7-10-13-16-19-22-25-27-29-30-32-34-37-40-43-46-49-52-55-62(67)68-58(53-50-47-44-41-38-35-24-21-18-15-12-9-6-3)56-61(66)63-59(57-64)60(65)54-51-48-45-42-39-36-33-31-28-26-23-20-17-14-11-8-5-2/h7,9-10,12,15-16,18-19,21,24-25,27,30,32,35,37-38,40-41,44,58-60,64-65H,4-6,8,11,13-14,17,20,22-23,26,28-29,31,33-34,36,39,42-43,45-57H2,1-3H3,(H,63,66)/b10-7-,12-9+,18-15+,19-16-,24-21-,27-25-,32-30-,38-35-,40-37-,44-41+. The summed E-state index contributed by atoms with van der Waals surface area (Å²) in [6.07, 6.45) is 75.5. The van der Waals surface area contributed by atoms with Crippen LogP contribution in [0, 0.1) is 0 Å². The monoisotopic (exact) mass is 942 g/mol. The van der Waals surface area contributed by atoms with E-state index in [2.05, 4.69) is 99.0 Å². The van der Waals surface area contributed by atoms with Crippen molar-refractivity contribution in [3.63, 3.8) is 0 Å². The Kier molecular flexibility index (Phi) is 51.2. The van der Waals surface area contributed by atoms with Gasteiger partial charge in [-0.05, 0) is 83.5 Å². The molecule has 0 radical (unpaired) electrons. The third-order valence-corrected chi connectivity index (χ3v) is 11.9. The van der Waals surface area contributed by atoms with Crippen LogP contribution >= 0.6 is 0 Å². The van der Waals surface area contributed by atoms with E-state index in [4.69, 9.17) is 4.74 Å². The Morgan fingerprint density at radius 1 is 0.456 bits per heavy atom. The molecule has 0 aromatic heterocycles. The Morgan fingerprint density at radius 2 is 0.882 bits per heavy atom. The highest BCUT2D eigenvalue weighted by Crippen LogP contribution is 2.17. The molecular formula is C62H103NO5. The van der Waals surface area contributed by atoms with E-state index < -0.39 is 18.2 Å². The lowest BCUT2D eigenvalue weighted by atomic mass is 10.0. The molecule has 0 saturated carbocycles. The average Bonchev–Trinajstić information content (AvgIpc) is 3.33. The van der Waals surface area contributed by atoms with Crippen LogP contribution in [0.4, 0.5) is 0 Å². The fourth-order valence-corrected chi connectivity index (χ4v) is 7.78. The largest absolute Gasteiger partial charge is 0.462 e. The first-order chi connectivity index (χ1) is 33.5. The van der Waals surface area contributed by atoms with Crippen molar-refractivity contribution in [2.45, 2.75) is 251 Å². The molecule has 1 amide bonds. The summed E-state index contributed by atoms with van der Waals surface area (Å²) >= 11 is 0. The van der Waals surface area contributed by atoms with Gasteiger partial charge in [-0.15, -0.1) is 0 Å². The SMILES string of the molecule is CC/C=C\C/C=C\C/C=C\C/C=C\C/C=C\CCCCCC(=O)OC(CCC/C=C/C=C\C=C/C=C/C=C/CC)CC(=O)NC(CO)C(O)CCCCCCCCCCCCCCCCCCC. The first-order valence-electron chi connectivity index (χ1n) is 27.8. The molecule has 0 bridgehead atoms. The number of carbonyl (C=O) groups excluding carboxylic acids is 2. The van der Waals surface area contributed by atoms with Gasteiger partial charge < -0.3 is 20.3 Å². The fourth-order valence-electron chi connectivity index (χ4n) is 7.78. The zero-order valence-corrected chi connectivity index (χ0v) is 43.9. The molecule has 386 valence electrons. The maximum absolute atomic E-state index is 13.2. The van der Waals surface area contributed by atoms with Gasteiger partial charge in [0.2, 0.25) is 5.91 Å². The van der Waals surface area contributed by atoms with E-state index in [0.717, 1.165) is 96.3 Å². The topological polar surface area (TPSA) is 95.9 Å². The van der Waals surface area contributed by atoms with Gasteiger partial charge in [0.25, 0.3) is 0 Å². The van der Waals surface area contributed by atoms with Gasteiger partial charge >= 0.3 is 5.97 Å².